The minimum absolute atomic E-state index is 0.119. The largest absolute Gasteiger partial charge is 0.355 e. The summed E-state index contributed by atoms with van der Waals surface area (Å²) in [6, 6.07) is -1.00. The monoisotopic (exact) mass is 244 g/mol. The highest BCUT2D eigenvalue weighted by Crippen LogP contribution is 1.81. The van der Waals surface area contributed by atoms with Gasteiger partial charge in [0.2, 0.25) is 11.8 Å². The molecule has 4 N–H and O–H groups in total. The molecule has 0 aliphatic carbocycles. The Bertz CT molecular complexity index is 281. The number of nitrogens with one attached hydrogen (secondary N) is 4. The lowest BCUT2D eigenvalue weighted by atomic mass is 10.3. The molecule has 7 heteroatoms. The topological polar surface area (TPSA) is 99.3 Å². The highest BCUT2D eigenvalue weighted by molar-refractivity contribution is 5.96. The molecule has 0 bridgehead atoms. The first-order valence-corrected chi connectivity index (χ1v) is 5.53. The molecule has 0 fully saturated rings. The van der Waals surface area contributed by atoms with Gasteiger partial charge < -0.3 is 16.0 Å². The maximum absolute atomic E-state index is 11.4. The molecule has 17 heavy (non-hydrogen) atoms. The lowest BCUT2D eigenvalue weighted by Gasteiger charge is -2.13. The number of urea groups is 1. The van der Waals surface area contributed by atoms with E-state index in [2.05, 4.69) is 21.3 Å². The predicted octanol–water partition coefficient (Wildman–Crippen LogP) is -1.05. The van der Waals surface area contributed by atoms with Crippen LogP contribution in [0.3, 0.4) is 0 Å². The molecule has 0 aromatic carbocycles. The van der Waals surface area contributed by atoms with Crippen LogP contribution < -0.4 is 21.3 Å². The molecule has 4 amide bonds. The molecule has 0 radical (unpaired) electrons. The molecule has 0 spiro atoms. The Morgan fingerprint density at radius 3 is 2.29 bits per heavy atom. The second kappa shape index (κ2) is 8.51. The summed E-state index contributed by atoms with van der Waals surface area (Å²) in [7, 11) is 0. The minimum atomic E-state index is -0.506. The summed E-state index contributed by atoms with van der Waals surface area (Å²) in [6.07, 6.45) is 0. The molecule has 1 atom stereocenters. The Balaban J connectivity index is 3.74. The summed E-state index contributed by atoms with van der Waals surface area (Å²) in [5.74, 6) is -0.523. The van der Waals surface area contributed by atoms with Gasteiger partial charge in [-0.25, -0.2) is 4.79 Å². The Morgan fingerprint density at radius 2 is 1.76 bits per heavy atom. The first-order valence-electron chi connectivity index (χ1n) is 5.53. The zero-order valence-corrected chi connectivity index (χ0v) is 10.4. The number of carbonyl (C=O) groups excluding carboxylic acids is 3. The van der Waals surface area contributed by atoms with Crippen LogP contribution in [0.15, 0.2) is 0 Å². The second-order valence-corrected chi connectivity index (χ2v) is 3.51. The van der Waals surface area contributed by atoms with Gasteiger partial charge in [-0.05, 0) is 13.8 Å². The third-order valence-electron chi connectivity index (χ3n) is 1.92. The standard InChI is InChI=1S/C10H20N4O3/c1-4-11-10(17)14-9(16)7(2)12-5-6-13-8(3)15/h7,12H,4-6H2,1-3H3,(H,13,15)(H2,11,14,16,17). The Hall–Kier alpha value is -1.63. The van der Waals surface area contributed by atoms with Crippen molar-refractivity contribution in [2.24, 2.45) is 0 Å². The molecule has 0 heterocycles. The number of carbonyl (C=O) groups is 3. The fraction of sp³-hybridized carbons (Fsp3) is 0.700. The highest BCUT2D eigenvalue weighted by Gasteiger charge is 2.14. The average molecular weight is 244 g/mol. The summed E-state index contributed by atoms with van der Waals surface area (Å²) in [5.41, 5.74) is 0. The Morgan fingerprint density at radius 1 is 1.12 bits per heavy atom. The van der Waals surface area contributed by atoms with E-state index < -0.39 is 18.0 Å². The van der Waals surface area contributed by atoms with Gasteiger partial charge in [-0.3, -0.25) is 14.9 Å². The zero-order valence-electron chi connectivity index (χ0n) is 10.4. The molecule has 0 aromatic heterocycles. The normalized spacial score (nSPS) is 11.5. The summed E-state index contributed by atoms with van der Waals surface area (Å²) < 4.78 is 0. The van der Waals surface area contributed by atoms with Crippen molar-refractivity contribution in [3.05, 3.63) is 0 Å². The van der Waals surface area contributed by atoms with Crippen molar-refractivity contribution in [1.82, 2.24) is 21.3 Å². The third kappa shape index (κ3) is 8.21. The predicted molar refractivity (Wildman–Crippen MR) is 63.4 cm³/mol. The lowest BCUT2D eigenvalue weighted by molar-refractivity contribution is -0.121. The van der Waals surface area contributed by atoms with Crippen LogP contribution in [0.1, 0.15) is 20.8 Å². The maximum atomic E-state index is 11.4. The first-order chi connectivity index (χ1) is 7.97. The van der Waals surface area contributed by atoms with Crippen molar-refractivity contribution < 1.29 is 14.4 Å². The van der Waals surface area contributed by atoms with Crippen molar-refractivity contribution in [3.63, 3.8) is 0 Å². The van der Waals surface area contributed by atoms with Crippen molar-refractivity contribution >= 4 is 17.8 Å². The SMILES string of the molecule is CCNC(=O)NC(=O)C(C)NCCNC(C)=O. The van der Waals surface area contributed by atoms with Gasteiger partial charge >= 0.3 is 6.03 Å². The van der Waals surface area contributed by atoms with E-state index >= 15 is 0 Å². The first kappa shape index (κ1) is 15.4. The van der Waals surface area contributed by atoms with Crippen LogP contribution in [0, 0.1) is 0 Å². The van der Waals surface area contributed by atoms with E-state index in [4.69, 9.17) is 0 Å². The van der Waals surface area contributed by atoms with E-state index in [1.54, 1.807) is 13.8 Å². The van der Waals surface area contributed by atoms with Gasteiger partial charge in [-0.2, -0.15) is 0 Å². The smallest absolute Gasteiger partial charge is 0.321 e. The van der Waals surface area contributed by atoms with Crippen molar-refractivity contribution in [3.8, 4) is 0 Å². The van der Waals surface area contributed by atoms with Gasteiger partial charge in [0.25, 0.3) is 0 Å². The van der Waals surface area contributed by atoms with Crippen LogP contribution in [0.4, 0.5) is 4.79 Å². The third-order valence-corrected chi connectivity index (χ3v) is 1.92. The molecule has 0 rings (SSSR count). The number of rotatable bonds is 6. The summed E-state index contributed by atoms with van der Waals surface area (Å²) in [4.78, 5) is 33.1. The highest BCUT2D eigenvalue weighted by atomic mass is 16.2. The fourth-order valence-electron chi connectivity index (χ4n) is 1.04. The van der Waals surface area contributed by atoms with Crippen LogP contribution in [0.5, 0.6) is 0 Å². The molecular formula is C10H20N4O3. The zero-order chi connectivity index (χ0) is 13.3. The maximum Gasteiger partial charge on any atom is 0.321 e. The Kier molecular flexibility index (Phi) is 7.70. The number of hydrogen-bond donors (Lipinski definition) is 4. The molecule has 0 aliphatic heterocycles. The molecule has 0 saturated heterocycles. The van der Waals surface area contributed by atoms with Crippen LogP contribution in [-0.4, -0.2) is 43.5 Å². The number of hydrogen-bond acceptors (Lipinski definition) is 4. The van der Waals surface area contributed by atoms with E-state index in [1.165, 1.54) is 6.92 Å². The molecular weight excluding hydrogens is 224 g/mol. The summed E-state index contributed by atoms with van der Waals surface area (Å²) in [6.45, 7) is 6.19. The van der Waals surface area contributed by atoms with Crippen LogP contribution in [0.25, 0.3) is 0 Å². The lowest BCUT2D eigenvalue weighted by Crippen LogP contribution is -2.49. The number of amides is 4. The van der Waals surface area contributed by atoms with Gasteiger partial charge in [0, 0.05) is 26.6 Å². The van der Waals surface area contributed by atoms with Crippen molar-refractivity contribution in [1.29, 1.82) is 0 Å². The van der Waals surface area contributed by atoms with Gasteiger partial charge in [0.1, 0.15) is 0 Å². The van der Waals surface area contributed by atoms with Crippen LogP contribution in [0.2, 0.25) is 0 Å². The molecule has 7 nitrogen and oxygen atoms in total. The van der Waals surface area contributed by atoms with Crippen molar-refractivity contribution in [2.45, 2.75) is 26.8 Å². The van der Waals surface area contributed by atoms with Gasteiger partial charge in [-0.1, -0.05) is 0 Å². The van der Waals surface area contributed by atoms with E-state index in [9.17, 15) is 14.4 Å². The quantitative estimate of drug-likeness (QED) is 0.448. The Labute approximate surface area is 101 Å². The van der Waals surface area contributed by atoms with E-state index in [0.29, 0.717) is 19.6 Å². The van der Waals surface area contributed by atoms with Gasteiger partial charge in [0.05, 0.1) is 6.04 Å². The second-order valence-electron chi connectivity index (χ2n) is 3.51. The average Bonchev–Trinajstić information content (AvgIpc) is 2.23. The fourth-order valence-corrected chi connectivity index (χ4v) is 1.04. The molecule has 0 saturated carbocycles. The minimum Gasteiger partial charge on any atom is -0.355 e. The summed E-state index contributed by atoms with van der Waals surface area (Å²) >= 11 is 0. The van der Waals surface area contributed by atoms with E-state index in [0.717, 1.165) is 0 Å². The van der Waals surface area contributed by atoms with Gasteiger partial charge in [-0.15, -0.1) is 0 Å². The van der Waals surface area contributed by atoms with Crippen LogP contribution >= 0.6 is 0 Å². The molecule has 0 aliphatic rings. The molecule has 0 aromatic rings. The van der Waals surface area contributed by atoms with Crippen LogP contribution in [-0.2, 0) is 9.59 Å². The molecule has 98 valence electrons. The van der Waals surface area contributed by atoms with E-state index in [-0.39, 0.29) is 5.91 Å². The molecule has 1 unspecified atom stereocenters. The summed E-state index contributed by atoms with van der Waals surface area (Å²) in [5, 5.41) is 10.1. The van der Waals surface area contributed by atoms with E-state index in [1.807, 2.05) is 0 Å². The van der Waals surface area contributed by atoms with Crippen molar-refractivity contribution in [2.75, 3.05) is 19.6 Å². The number of imide groups is 1. The van der Waals surface area contributed by atoms with Gasteiger partial charge in [0.15, 0.2) is 0 Å².